The summed E-state index contributed by atoms with van der Waals surface area (Å²) in [4.78, 5) is 54.5. The molecule has 0 saturated heterocycles. The van der Waals surface area contributed by atoms with Crippen LogP contribution in [0, 0.1) is 0 Å². The molecule has 20 aromatic carbocycles. The second kappa shape index (κ2) is 37.1. The van der Waals surface area contributed by atoms with Crippen molar-refractivity contribution in [2.75, 3.05) is 0 Å². The maximum Gasteiger partial charge on any atom is 0.164 e. The van der Waals surface area contributed by atoms with Gasteiger partial charge in [-0.3, -0.25) is 19.9 Å². The van der Waals surface area contributed by atoms with Crippen molar-refractivity contribution in [1.82, 2.24) is 54.8 Å². The average molecular weight is 1810 g/mol. The summed E-state index contributed by atoms with van der Waals surface area (Å²) in [6.45, 7) is 0. The van der Waals surface area contributed by atoms with Crippen molar-refractivity contribution < 1.29 is 0 Å². The normalized spacial score (nSPS) is 11.4. The van der Waals surface area contributed by atoms with E-state index in [2.05, 4.69) is 458 Å². The Morgan fingerprint density at radius 1 is 0.127 bits per heavy atom. The van der Waals surface area contributed by atoms with Gasteiger partial charge in [-0.2, -0.15) is 0 Å². The SMILES string of the molecule is c1ccc(-c2ccc(-c3nc(-c4ccc(-c5cccc6cccnc56)cc4)nc(-c4ccc(-c5cccc6cccnc56)cc4)n3)cc2)cc1.c1ccc2cc(-c3cc(-c4ccc5ccccc5c4)nc(-c4ccc(-c5cccc6cccnc56)cc4)n3)ccc2c1.c1ccc2ncc(-c3ccc(-c4nc(-c5cc6ccccc6c6ccccc56)cc(-c5cc6ccccc6c6ccccc56)n4)cc3)cc2c1. The zero-order valence-electron chi connectivity index (χ0n) is 76.8. The summed E-state index contributed by atoms with van der Waals surface area (Å²) in [5.41, 5.74) is 27.6. The van der Waals surface area contributed by atoms with Crippen molar-refractivity contribution in [3.63, 3.8) is 0 Å². The lowest BCUT2D eigenvalue weighted by atomic mass is 9.93. The van der Waals surface area contributed by atoms with E-state index in [0.29, 0.717) is 29.1 Å². The van der Waals surface area contributed by atoms with Crippen LogP contribution in [0.1, 0.15) is 0 Å². The lowest BCUT2D eigenvalue weighted by Gasteiger charge is -2.15. The first-order chi connectivity index (χ1) is 70.3. The molecule has 11 nitrogen and oxygen atoms in total. The van der Waals surface area contributed by atoms with Crippen LogP contribution >= 0.6 is 0 Å². The highest BCUT2D eigenvalue weighted by atomic mass is 15.0. The van der Waals surface area contributed by atoms with Crippen molar-refractivity contribution in [2.45, 2.75) is 0 Å². The van der Waals surface area contributed by atoms with E-state index >= 15 is 0 Å². The molecule has 0 aliphatic carbocycles. The van der Waals surface area contributed by atoms with Crippen LogP contribution in [0.4, 0.5) is 0 Å². The number of fused-ring (bicyclic) bond motifs is 12. The lowest BCUT2D eigenvalue weighted by Crippen LogP contribution is -2.00. The molecular formula is C131H83N11. The number of para-hydroxylation sites is 4. The molecule has 0 aliphatic rings. The second-order valence-electron chi connectivity index (χ2n) is 35.5. The quantitative estimate of drug-likeness (QED) is 0.0960. The number of pyridine rings is 4. The maximum atomic E-state index is 5.32. The number of rotatable bonds is 14. The molecule has 0 saturated carbocycles. The van der Waals surface area contributed by atoms with Gasteiger partial charge in [-0.05, 0) is 165 Å². The number of benzene rings is 20. The first-order valence-electron chi connectivity index (χ1n) is 47.6. The predicted molar refractivity (Wildman–Crippen MR) is 586 cm³/mol. The Hall–Kier alpha value is -19.2. The third-order valence-corrected chi connectivity index (χ3v) is 26.8. The molecule has 0 fully saturated rings. The number of nitrogens with zero attached hydrogens (tertiary/aromatic N) is 11. The smallest absolute Gasteiger partial charge is 0.164 e. The van der Waals surface area contributed by atoms with E-state index in [0.717, 1.165) is 167 Å². The Bertz CT molecular complexity index is 9140. The maximum absolute atomic E-state index is 5.32. The third-order valence-electron chi connectivity index (χ3n) is 26.8. The number of aromatic nitrogens is 11. The van der Waals surface area contributed by atoms with Crippen LogP contribution in [0.3, 0.4) is 0 Å². The molecule has 142 heavy (non-hydrogen) atoms. The summed E-state index contributed by atoms with van der Waals surface area (Å²) < 4.78 is 0. The molecule has 0 bridgehead atoms. The zero-order valence-corrected chi connectivity index (χ0v) is 76.8. The van der Waals surface area contributed by atoms with Crippen molar-refractivity contribution in [3.8, 4) is 158 Å². The molecule has 0 unspecified atom stereocenters. The number of hydrogen-bond donors (Lipinski definition) is 0. The summed E-state index contributed by atoms with van der Waals surface area (Å²) in [7, 11) is 0. The Kier molecular flexibility index (Phi) is 22.1. The van der Waals surface area contributed by atoms with Crippen molar-refractivity contribution in [1.29, 1.82) is 0 Å². The van der Waals surface area contributed by atoms with E-state index in [-0.39, 0.29) is 0 Å². The molecule has 27 aromatic rings. The zero-order chi connectivity index (χ0) is 94.2. The molecule has 0 spiro atoms. The topological polar surface area (TPSA) is 142 Å². The predicted octanol–water partition coefficient (Wildman–Crippen LogP) is 33.3. The van der Waals surface area contributed by atoms with Crippen LogP contribution in [0.15, 0.2) is 504 Å². The van der Waals surface area contributed by atoms with Gasteiger partial charge in [-0.25, -0.2) is 34.9 Å². The van der Waals surface area contributed by atoms with Gasteiger partial charge in [-0.1, -0.05) is 413 Å². The first-order valence-corrected chi connectivity index (χ1v) is 47.6. The first kappa shape index (κ1) is 84.5. The van der Waals surface area contributed by atoms with Gasteiger partial charge < -0.3 is 0 Å². The fourth-order valence-electron chi connectivity index (χ4n) is 19.6. The van der Waals surface area contributed by atoms with Gasteiger partial charge in [-0.15, -0.1) is 0 Å². The second-order valence-corrected chi connectivity index (χ2v) is 35.5. The standard InChI is InChI=1S/C47H29N3.C45H29N5.C39H25N3/c1-4-14-36-32(11-1)26-42(40-18-8-6-16-38(36)40)45-28-46(43-27-33-12-2-5-15-37(33)39-17-7-9-19-41(39)43)50-47(49-45)31-23-21-30(22-24-31)35-25-34-13-3-10-20-44(34)48-29-35;1-2-8-30(9-3-1)31-16-22-36(23-17-31)43-48-44(37-24-18-32(19-25-37)39-14-4-10-34-12-6-28-46-41(34)39)50-45(49-43)38-26-20-33(21-27-38)40-15-5-11-35-13-7-29-47-42(35)40;1-3-9-31-23-33(20-14-26(31)7-1)36-25-37(34-21-15-27-8-2-4-10-32(27)24-34)42-39(41-36)30-18-16-28(17-19-30)35-13-5-11-29-12-6-22-40-38(29)35/h2*1-29H;1-25H. The minimum Gasteiger partial charge on any atom is -0.256 e. The van der Waals surface area contributed by atoms with E-state index < -0.39 is 0 Å². The van der Waals surface area contributed by atoms with Crippen LogP contribution in [-0.4, -0.2) is 54.8 Å². The molecule has 0 amide bonds. The summed E-state index contributed by atoms with van der Waals surface area (Å²) in [6, 6.07) is 167. The largest absolute Gasteiger partial charge is 0.256 e. The molecule has 0 N–H and O–H groups in total. The Balaban J connectivity index is 0.000000112. The van der Waals surface area contributed by atoms with Gasteiger partial charge >= 0.3 is 0 Å². The van der Waals surface area contributed by atoms with Gasteiger partial charge in [0.1, 0.15) is 0 Å². The molecular weight excluding hydrogens is 1730 g/mol. The molecule has 7 heterocycles. The molecule has 7 aromatic heterocycles. The van der Waals surface area contributed by atoms with Crippen LogP contribution < -0.4 is 0 Å². The molecule has 11 heteroatoms. The minimum absolute atomic E-state index is 0.613. The Morgan fingerprint density at radius 2 is 0.408 bits per heavy atom. The van der Waals surface area contributed by atoms with Gasteiger partial charge in [0.15, 0.2) is 29.1 Å². The van der Waals surface area contributed by atoms with E-state index in [9.17, 15) is 0 Å². The highest BCUT2D eigenvalue weighted by molar-refractivity contribution is 6.16. The Morgan fingerprint density at radius 3 is 0.824 bits per heavy atom. The molecule has 0 atom stereocenters. The number of hydrogen-bond acceptors (Lipinski definition) is 11. The van der Waals surface area contributed by atoms with Crippen LogP contribution in [0.25, 0.3) is 266 Å². The molecule has 27 rings (SSSR count). The molecule has 662 valence electrons. The van der Waals surface area contributed by atoms with Gasteiger partial charge in [0, 0.05) is 119 Å². The van der Waals surface area contributed by atoms with E-state index in [1.807, 2.05) is 61.2 Å². The van der Waals surface area contributed by atoms with Crippen LogP contribution in [-0.2, 0) is 0 Å². The third kappa shape index (κ3) is 16.7. The highest BCUT2D eigenvalue weighted by Gasteiger charge is 2.22. The van der Waals surface area contributed by atoms with Crippen LogP contribution in [0.2, 0.25) is 0 Å². The Labute approximate surface area is 819 Å². The van der Waals surface area contributed by atoms with Gasteiger partial charge in [0.05, 0.1) is 44.8 Å². The fraction of sp³-hybridized carbons (Fsp3) is 0. The van der Waals surface area contributed by atoms with Crippen molar-refractivity contribution in [3.05, 3.63) is 504 Å². The summed E-state index contributed by atoms with van der Waals surface area (Å²) in [5.74, 6) is 3.24. The van der Waals surface area contributed by atoms with E-state index in [1.54, 1.807) is 0 Å². The summed E-state index contributed by atoms with van der Waals surface area (Å²) in [6.07, 6.45) is 7.47. The molecule has 0 radical (unpaired) electrons. The average Bonchev–Trinajstić information content (AvgIpc) is 0.744. The van der Waals surface area contributed by atoms with E-state index in [4.69, 9.17) is 39.9 Å². The van der Waals surface area contributed by atoms with Crippen molar-refractivity contribution in [2.24, 2.45) is 0 Å². The highest BCUT2D eigenvalue weighted by Crippen LogP contribution is 2.43. The summed E-state index contributed by atoms with van der Waals surface area (Å²) >= 11 is 0. The van der Waals surface area contributed by atoms with Crippen molar-refractivity contribution >= 4 is 108 Å². The molecule has 0 aliphatic heterocycles. The monoisotopic (exact) mass is 1810 g/mol. The van der Waals surface area contributed by atoms with Gasteiger partial charge in [0.2, 0.25) is 0 Å². The van der Waals surface area contributed by atoms with Crippen LogP contribution in [0.5, 0.6) is 0 Å². The van der Waals surface area contributed by atoms with Gasteiger partial charge in [0.25, 0.3) is 0 Å². The van der Waals surface area contributed by atoms with E-state index in [1.165, 1.54) is 70.2 Å². The fourth-order valence-corrected chi connectivity index (χ4v) is 19.6. The lowest BCUT2D eigenvalue weighted by molar-refractivity contribution is 1.07. The summed E-state index contributed by atoms with van der Waals surface area (Å²) in [5, 5.41) is 18.9. The minimum atomic E-state index is 0.613.